The van der Waals surface area contributed by atoms with Gasteiger partial charge in [0.05, 0.1) is 5.56 Å². The van der Waals surface area contributed by atoms with E-state index in [9.17, 15) is 4.79 Å². The Labute approximate surface area is 153 Å². The highest BCUT2D eigenvalue weighted by Crippen LogP contribution is 2.46. The van der Waals surface area contributed by atoms with Gasteiger partial charge in [0.15, 0.2) is 0 Å². The number of amides is 1. The third-order valence-corrected chi connectivity index (χ3v) is 5.79. The number of nitrogens with zero attached hydrogens (tertiary/aromatic N) is 1. The summed E-state index contributed by atoms with van der Waals surface area (Å²) in [6.07, 6.45) is 0. The number of thioether (sulfide) groups is 1. The number of rotatable bonds is 2. The highest BCUT2D eigenvalue weighted by Gasteiger charge is 2.34. The number of halogens is 1. The van der Waals surface area contributed by atoms with Gasteiger partial charge in [-0.3, -0.25) is 9.69 Å². The molecule has 1 amide bonds. The predicted molar refractivity (Wildman–Crippen MR) is 102 cm³/mol. The Morgan fingerprint density at radius 3 is 2.42 bits per heavy atom. The molecule has 1 aliphatic rings. The number of carbonyl (C=O) groups excluding carboxylic acids is 1. The second kappa shape index (κ2) is 6.46. The third kappa shape index (κ3) is 2.76. The first-order chi connectivity index (χ1) is 11.7. The minimum absolute atomic E-state index is 0.0422. The molecular formula is C20H14BrNOS. The fraction of sp³-hybridized carbons (Fsp3) is 0.0500. The van der Waals surface area contributed by atoms with Crippen LogP contribution in [-0.4, -0.2) is 5.91 Å². The van der Waals surface area contributed by atoms with Crippen LogP contribution in [0, 0.1) is 0 Å². The standard InChI is InChI=1S/C20H14BrNOS/c21-15-8-6-7-14(13-15)20-22(16-9-2-1-3-10-16)19(23)17-11-4-5-12-18(17)24-20/h1-13,20H. The lowest BCUT2D eigenvalue weighted by molar-refractivity contribution is 0.0979. The lowest BCUT2D eigenvalue weighted by atomic mass is 10.1. The summed E-state index contributed by atoms with van der Waals surface area (Å²) in [7, 11) is 0. The molecule has 4 heteroatoms. The normalized spacial score (nSPS) is 16.8. The second-order valence-corrected chi connectivity index (χ2v) is 7.57. The number of hydrogen-bond donors (Lipinski definition) is 0. The summed E-state index contributed by atoms with van der Waals surface area (Å²) in [5.41, 5.74) is 2.77. The van der Waals surface area contributed by atoms with E-state index in [0.717, 1.165) is 26.2 Å². The van der Waals surface area contributed by atoms with Gasteiger partial charge in [-0.1, -0.05) is 70.2 Å². The number of anilines is 1. The zero-order valence-electron chi connectivity index (χ0n) is 12.7. The minimum atomic E-state index is -0.0905. The molecule has 0 saturated carbocycles. The van der Waals surface area contributed by atoms with Gasteiger partial charge >= 0.3 is 0 Å². The molecule has 1 aliphatic heterocycles. The molecule has 0 aliphatic carbocycles. The van der Waals surface area contributed by atoms with E-state index in [2.05, 4.69) is 28.1 Å². The SMILES string of the molecule is O=C1c2ccccc2SC(c2cccc(Br)c2)N1c1ccccc1. The fourth-order valence-corrected chi connectivity index (χ4v) is 4.58. The third-order valence-electron chi connectivity index (χ3n) is 3.98. The highest BCUT2D eigenvalue weighted by atomic mass is 79.9. The van der Waals surface area contributed by atoms with Crippen LogP contribution in [0.2, 0.25) is 0 Å². The van der Waals surface area contributed by atoms with E-state index in [1.807, 2.05) is 71.6 Å². The van der Waals surface area contributed by atoms with Crippen molar-refractivity contribution >= 4 is 39.3 Å². The summed E-state index contributed by atoms with van der Waals surface area (Å²) in [4.78, 5) is 16.1. The van der Waals surface area contributed by atoms with Gasteiger partial charge in [-0.15, -0.1) is 0 Å². The van der Waals surface area contributed by atoms with Gasteiger partial charge in [-0.2, -0.15) is 0 Å². The molecule has 4 rings (SSSR count). The van der Waals surface area contributed by atoms with Crippen molar-refractivity contribution in [2.24, 2.45) is 0 Å². The molecule has 2 nitrogen and oxygen atoms in total. The summed E-state index contributed by atoms with van der Waals surface area (Å²) >= 11 is 5.25. The molecule has 3 aromatic carbocycles. The molecule has 0 saturated heterocycles. The van der Waals surface area contributed by atoms with Crippen LogP contribution in [0.1, 0.15) is 21.3 Å². The predicted octanol–water partition coefficient (Wildman–Crippen LogP) is 5.90. The van der Waals surface area contributed by atoms with Crippen LogP contribution in [0.3, 0.4) is 0 Å². The summed E-state index contributed by atoms with van der Waals surface area (Å²) in [6, 6.07) is 25.8. The van der Waals surface area contributed by atoms with Gasteiger partial charge < -0.3 is 0 Å². The van der Waals surface area contributed by atoms with E-state index in [0.29, 0.717) is 0 Å². The van der Waals surface area contributed by atoms with Gasteiger partial charge in [0.2, 0.25) is 0 Å². The molecule has 1 heterocycles. The molecule has 1 atom stereocenters. The van der Waals surface area contributed by atoms with Crippen LogP contribution in [0.4, 0.5) is 5.69 Å². The van der Waals surface area contributed by atoms with Crippen molar-refractivity contribution in [1.29, 1.82) is 0 Å². The molecule has 0 spiro atoms. The van der Waals surface area contributed by atoms with Crippen LogP contribution in [0.25, 0.3) is 0 Å². The molecule has 3 aromatic rings. The maximum atomic E-state index is 13.2. The van der Waals surface area contributed by atoms with E-state index in [1.54, 1.807) is 11.8 Å². The fourth-order valence-electron chi connectivity index (χ4n) is 2.87. The van der Waals surface area contributed by atoms with Crippen molar-refractivity contribution in [2.75, 3.05) is 4.90 Å². The van der Waals surface area contributed by atoms with Crippen molar-refractivity contribution in [1.82, 2.24) is 0 Å². The van der Waals surface area contributed by atoms with Crippen LogP contribution in [0.5, 0.6) is 0 Å². The van der Waals surface area contributed by atoms with E-state index in [1.165, 1.54) is 0 Å². The first-order valence-electron chi connectivity index (χ1n) is 7.64. The number of fused-ring (bicyclic) bond motifs is 1. The van der Waals surface area contributed by atoms with E-state index >= 15 is 0 Å². The molecule has 0 bridgehead atoms. The average Bonchev–Trinajstić information content (AvgIpc) is 2.62. The number of para-hydroxylation sites is 1. The summed E-state index contributed by atoms with van der Waals surface area (Å²) in [5.74, 6) is 0.0422. The lowest BCUT2D eigenvalue weighted by Gasteiger charge is -2.36. The van der Waals surface area contributed by atoms with Crippen LogP contribution in [0.15, 0.2) is 88.2 Å². The Morgan fingerprint density at radius 2 is 1.62 bits per heavy atom. The Hall–Kier alpha value is -2.04. The van der Waals surface area contributed by atoms with E-state index in [-0.39, 0.29) is 11.3 Å². The Morgan fingerprint density at radius 1 is 0.875 bits per heavy atom. The zero-order chi connectivity index (χ0) is 16.5. The molecule has 0 radical (unpaired) electrons. The molecule has 1 unspecified atom stereocenters. The van der Waals surface area contributed by atoms with Crippen LogP contribution < -0.4 is 4.90 Å². The highest BCUT2D eigenvalue weighted by molar-refractivity contribution is 9.10. The smallest absolute Gasteiger partial charge is 0.260 e. The second-order valence-electron chi connectivity index (χ2n) is 5.53. The molecule has 24 heavy (non-hydrogen) atoms. The average molecular weight is 396 g/mol. The quantitative estimate of drug-likeness (QED) is 0.538. The monoisotopic (exact) mass is 395 g/mol. The summed E-state index contributed by atoms with van der Waals surface area (Å²) in [6.45, 7) is 0. The van der Waals surface area contributed by atoms with Crippen molar-refractivity contribution in [3.63, 3.8) is 0 Å². The Kier molecular flexibility index (Phi) is 4.17. The molecular weight excluding hydrogens is 382 g/mol. The lowest BCUT2D eigenvalue weighted by Crippen LogP contribution is -2.36. The molecule has 0 N–H and O–H groups in total. The van der Waals surface area contributed by atoms with Gasteiger partial charge in [0.1, 0.15) is 5.37 Å². The van der Waals surface area contributed by atoms with Gasteiger partial charge in [-0.05, 0) is 42.0 Å². The Balaban J connectivity index is 1.87. The maximum absolute atomic E-state index is 13.2. The molecule has 118 valence electrons. The van der Waals surface area contributed by atoms with Crippen molar-refractivity contribution in [2.45, 2.75) is 10.3 Å². The van der Waals surface area contributed by atoms with Crippen molar-refractivity contribution < 1.29 is 4.79 Å². The van der Waals surface area contributed by atoms with E-state index in [4.69, 9.17) is 0 Å². The number of carbonyl (C=O) groups is 1. The first kappa shape index (κ1) is 15.5. The zero-order valence-corrected chi connectivity index (χ0v) is 15.1. The molecule has 0 aromatic heterocycles. The van der Waals surface area contributed by atoms with Gasteiger partial charge in [0.25, 0.3) is 5.91 Å². The minimum Gasteiger partial charge on any atom is -0.291 e. The number of benzene rings is 3. The van der Waals surface area contributed by atoms with Crippen LogP contribution in [-0.2, 0) is 0 Å². The van der Waals surface area contributed by atoms with Crippen molar-refractivity contribution in [3.8, 4) is 0 Å². The Bertz CT molecular complexity index is 897. The van der Waals surface area contributed by atoms with Gasteiger partial charge in [-0.25, -0.2) is 0 Å². The van der Waals surface area contributed by atoms with Gasteiger partial charge in [0, 0.05) is 15.1 Å². The number of hydrogen-bond acceptors (Lipinski definition) is 2. The summed E-state index contributed by atoms with van der Waals surface area (Å²) < 4.78 is 1.01. The van der Waals surface area contributed by atoms with E-state index < -0.39 is 0 Å². The topological polar surface area (TPSA) is 20.3 Å². The first-order valence-corrected chi connectivity index (χ1v) is 9.31. The largest absolute Gasteiger partial charge is 0.291 e. The molecule has 0 fully saturated rings. The van der Waals surface area contributed by atoms with Crippen molar-refractivity contribution in [3.05, 3.63) is 94.5 Å². The summed E-state index contributed by atoms with van der Waals surface area (Å²) in [5, 5.41) is -0.0905. The maximum Gasteiger partial charge on any atom is 0.260 e. The van der Waals surface area contributed by atoms with Crippen LogP contribution >= 0.6 is 27.7 Å².